The standard InChI is InChI=1S/C23H27NO/c1-16(2)20-14-19(25-5)15-21(17(3)4)23(20)24-13-9-12-22(24)18-10-7-6-8-11-18/h6-17H,1-5H3. The van der Waals surface area contributed by atoms with Gasteiger partial charge in [0.15, 0.2) is 0 Å². The van der Waals surface area contributed by atoms with Gasteiger partial charge in [-0.1, -0.05) is 58.0 Å². The fourth-order valence-corrected chi connectivity index (χ4v) is 3.35. The minimum absolute atomic E-state index is 0.411. The minimum Gasteiger partial charge on any atom is -0.497 e. The summed E-state index contributed by atoms with van der Waals surface area (Å²) in [5.74, 6) is 1.76. The van der Waals surface area contributed by atoms with Crippen LogP contribution >= 0.6 is 0 Å². The fraction of sp³-hybridized carbons (Fsp3) is 0.304. The molecule has 0 amide bonds. The molecule has 0 N–H and O–H groups in total. The van der Waals surface area contributed by atoms with Gasteiger partial charge in [0.05, 0.1) is 18.5 Å². The van der Waals surface area contributed by atoms with E-state index in [0.717, 1.165) is 5.75 Å². The lowest BCUT2D eigenvalue weighted by atomic mass is 9.91. The molecule has 1 heterocycles. The highest BCUT2D eigenvalue weighted by molar-refractivity contribution is 5.66. The highest BCUT2D eigenvalue weighted by Gasteiger charge is 2.19. The van der Waals surface area contributed by atoms with Crippen LogP contribution in [0.4, 0.5) is 0 Å². The first-order chi connectivity index (χ1) is 12.0. The first-order valence-corrected chi connectivity index (χ1v) is 8.98. The van der Waals surface area contributed by atoms with Crippen LogP contribution in [0.3, 0.4) is 0 Å². The number of benzene rings is 2. The Bertz CT molecular complexity index is 815. The summed E-state index contributed by atoms with van der Waals surface area (Å²) in [4.78, 5) is 0. The summed E-state index contributed by atoms with van der Waals surface area (Å²) < 4.78 is 7.91. The van der Waals surface area contributed by atoms with E-state index in [1.807, 2.05) is 0 Å². The van der Waals surface area contributed by atoms with Crippen molar-refractivity contribution in [2.24, 2.45) is 0 Å². The number of rotatable bonds is 5. The molecule has 0 saturated carbocycles. The van der Waals surface area contributed by atoms with E-state index in [1.54, 1.807) is 7.11 Å². The largest absolute Gasteiger partial charge is 0.497 e. The molecule has 1 aromatic heterocycles. The van der Waals surface area contributed by atoms with Gasteiger partial charge < -0.3 is 9.30 Å². The summed E-state index contributed by atoms with van der Waals surface area (Å²) in [7, 11) is 1.74. The average molecular weight is 333 g/mol. The maximum atomic E-state index is 5.57. The predicted octanol–water partition coefficient (Wildman–Crippen LogP) is 6.40. The van der Waals surface area contributed by atoms with Crippen molar-refractivity contribution >= 4 is 0 Å². The van der Waals surface area contributed by atoms with Crippen molar-refractivity contribution in [3.63, 3.8) is 0 Å². The monoisotopic (exact) mass is 333 g/mol. The van der Waals surface area contributed by atoms with Gasteiger partial charge in [-0.3, -0.25) is 0 Å². The van der Waals surface area contributed by atoms with Crippen molar-refractivity contribution in [1.82, 2.24) is 4.57 Å². The predicted molar refractivity (Wildman–Crippen MR) is 106 cm³/mol. The molecule has 2 heteroatoms. The molecular formula is C23H27NO. The number of nitrogens with zero attached hydrogens (tertiary/aromatic N) is 1. The van der Waals surface area contributed by atoms with E-state index < -0.39 is 0 Å². The Morgan fingerprint density at radius 1 is 0.800 bits per heavy atom. The van der Waals surface area contributed by atoms with Gasteiger partial charge in [0.2, 0.25) is 0 Å². The second-order valence-electron chi connectivity index (χ2n) is 7.09. The quantitative estimate of drug-likeness (QED) is 0.527. The van der Waals surface area contributed by atoms with Gasteiger partial charge in [-0.05, 0) is 52.8 Å². The van der Waals surface area contributed by atoms with Crippen LogP contribution in [0.1, 0.15) is 50.7 Å². The smallest absolute Gasteiger partial charge is 0.119 e. The second kappa shape index (κ2) is 7.18. The van der Waals surface area contributed by atoms with E-state index in [9.17, 15) is 0 Å². The Hall–Kier alpha value is -2.48. The zero-order valence-corrected chi connectivity index (χ0v) is 15.8. The molecule has 0 aliphatic rings. The molecule has 3 rings (SSSR count). The third-order valence-corrected chi connectivity index (χ3v) is 4.68. The number of hydrogen-bond donors (Lipinski definition) is 0. The number of aromatic nitrogens is 1. The molecule has 0 aliphatic carbocycles. The van der Waals surface area contributed by atoms with Crippen LogP contribution in [-0.2, 0) is 0 Å². The van der Waals surface area contributed by atoms with Gasteiger partial charge in [-0.25, -0.2) is 0 Å². The van der Waals surface area contributed by atoms with Gasteiger partial charge in [-0.15, -0.1) is 0 Å². The first-order valence-electron chi connectivity index (χ1n) is 8.98. The molecule has 0 spiro atoms. The molecule has 0 saturated heterocycles. The highest BCUT2D eigenvalue weighted by atomic mass is 16.5. The van der Waals surface area contributed by atoms with Crippen LogP contribution in [0.5, 0.6) is 5.75 Å². The van der Waals surface area contributed by atoms with Crippen molar-refractivity contribution < 1.29 is 4.74 Å². The van der Waals surface area contributed by atoms with Crippen LogP contribution in [0.15, 0.2) is 60.8 Å². The minimum atomic E-state index is 0.411. The van der Waals surface area contributed by atoms with Crippen LogP contribution in [0.25, 0.3) is 16.9 Å². The lowest BCUT2D eigenvalue weighted by Gasteiger charge is -2.23. The van der Waals surface area contributed by atoms with Gasteiger partial charge >= 0.3 is 0 Å². The Labute approximate surface area is 151 Å². The lowest BCUT2D eigenvalue weighted by Crippen LogP contribution is -2.08. The van der Waals surface area contributed by atoms with E-state index >= 15 is 0 Å². The Morgan fingerprint density at radius 2 is 1.40 bits per heavy atom. The molecule has 2 aromatic carbocycles. The molecule has 0 aliphatic heterocycles. The Balaban J connectivity index is 2.29. The maximum absolute atomic E-state index is 5.57. The number of hydrogen-bond acceptors (Lipinski definition) is 1. The van der Waals surface area contributed by atoms with Crippen LogP contribution in [0.2, 0.25) is 0 Å². The van der Waals surface area contributed by atoms with E-state index in [0.29, 0.717) is 11.8 Å². The molecule has 0 unspecified atom stereocenters. The topological polar surface area (TPSA) is 14.2 Å². The molecule has 0 radical (unpaired) electrons. The zero-order valence-electron chi connectivity index (χ0n) is 15.8. The van der Waals surface area contributed by atoms with Crippen molar-refractivity contribution in [3.8, 4) is 22.7 Å². The SMILES string of the molecule is COc1cc(C(C)C)c(-n2cccc2-c2ccccc2)c(C(C)C)c1. The van der Waals surface area contributed by atoms with Gasteiger partial charge in [0.1, 0.15) is 5.75 Å². The Morgan fingerprint density at radius 3 is 1.92 bits per heavy atom. The van der Waals surface area contributed by atoms with Crippen molar-refractivity contribution in [2.75, 3.05) is 7.11 Å². The maximum Gasteiger partial charge on any atom is 0.119 e. The second-order valence-corrected chi connectivity index (χ2v) is 7.09. The zero-order chi connectivity index (χ0) is 18.0. The molecule has 25 heavy (non-hydrogen) atoms. The summed E-state index contributed by atoms with van der Waals surface area (Å²) in [6.45, 7) is 8.98. The molecule has 2 nitrogen and oxygen atoms in total. The summed E-state index contributed by atoms with van der Waals surface area (Å²) >= 11 is 0. The first kappa shape index (κ1) is 17.3. The molecule has 0 fully saturated rings. The van der Waals surface area contributed by atoms with Crippen molar-refractivity contribution in [1.29, 1.82) is 0 Å². The third-order valence-electron chi connectivity index (χ3n) is 4.68. The Kier molecular flexibility index (Phi) is 4.98. The number of methoxy groups -OCH3 is 1. The van der Waals surface area contributed by atoms with Crippen molar-refractivity contribution in [2.45, 2.75) is 39.5 Å². The summed E-state index contributed by atoms with van der Waals surface area (Å²) in [6.07, 6.45) is 2.17. The van der Waals surface area contributed by atoms with E-state index in [-0.39, 0.29) is 0 Å². The van der Waals surface area contributed by atoms with Gasteiger partial charge in [0.25, 0.3) is 0 Å². The lowest BCUT2D eigenvalue weighted by molar-refractivity contribution is 0.413. The molecule has 3 aromatic rings. The molecule has 0 atom stereocenters. The summed E-state index contributed by atoms with van der Waals surface area (Å²) in [6, 6.07) is 19.2. The molecular weight excluding hydrogens is 306 g/mol. The molecule has 0 bridgehead atoms. The third kappa shape index (κ3) is 3.34. The van der Waals surface area contributed by atoms with Gasteiger partial charge in [0, 0.05) is 6.20 Å². The van der Waals surface area contributed by atoms with Crippen LogP contribution < -0.4 is 4.74 Å². The van der Waals surface area contributed by atoms with Crippen molar-refractivity contribution in [3.05, 3.63) is 71.9 Å². The normalized spacial score (nSPS) is 11.3. The van der Waals surface area contributed by atoms with E-state index in [1.165, 1.54) is 28.1 Å². The average Bonchev–Trinajstić information content (AvgIpc) is 3.10. The van der Waals surface area contributed by atoms with E-state index in [2.05, 4.69) is 93.1 Å². The highest BCUT2D eigenvalue weighted by Crippen LogP contribution is 2.37. The van der Waals surface area contributed by atoms with Gasteiger partial charge in [-0.2, -0.15) is 0 Å². The fourth-order valence-electron chi connectivity index (χ4n) is 3.35. The van der Waals surface area contributed by atoms with E-state index in [4.69, 9.17) is 4.74 Å². The van der Waals surface area contributed by atoms with Crippen LogP contribution in [0, 0.1) is 0 Å². The number of ether oxygens (including phenoxy) is 1. The summed E-state index contributed by atoms with van der Waals surface area (Å²) in [5.41, 5.74) is 6.37. The van der Waals surface area contributed by atoms with Crippen LogP contribution in [-0.4, -0.2) is 11.7 Å². The molecule has 130 valence electrons. The summed E-state index contributed by atoms with van der Waals surface area (Å²) in [5, 5.41) is 0.